The molecule has 0 bridgehead atoms. The Bertz CT molecular complexity index is 1000. The first kappa shape index (κ1) is 24.6. The molecule has 0 aromatic carbocycles. The van der Waals surface area contributed by atoms with Gasteiger partial charge in [-0.05, 0) is 62.6 Å². The first-order valence-electron chi connectivity index (χ1n) is 11.7. The monoisotopic (exact) mass is 494 g/mol. The Labute approximate surface area is 201 Å². The molecule has 1 aliphatic carbocycles. The van der Waals surface area contributed by atoms with Crippen LogP contribution in [0.2, 0.25) is 0 Å². The zero-order chi connectivity index (χ0) is 23.4. The summed E-state index contributed by atoms with van der Waals surface area (Å²) in [4.78, 5) is 5.69. The van der Waals surface area contributed by atoms with Crippen molar-refractivity contribution in [1.29, 1.82) is 0 Å². The molecule has 1 atom stereocenters. The van der Waals surface area contributed by atoms with Gasteiger partial charge in [-0.1, -0.05) is 18.9 Å². The van der Waals surface area contributed by atoms with E-state index in [4.69, 9.17) is 18.7 Å². The molecule has 7 nitrogen and oxygen atoms in total. The second-order valence-electron chi connectivity index (χ2n) is 9.11. The van der Waals surface area contributed by atoms with Gasteiger partial charge in [-0.15, -0.1) is 11.3 Å². The molecular weight excluding hydrogens is 460 g/mol. The zero-order valence-corrected chi connectivity index (χ0v) is 21.1. The summed E-state index contributed by atoms with van der Waals surface area (Å²) in [6, 6.07) is 7.97. The SMILES string of the molecule is CCS(=O)(=O)ON(CC[C@@]1(c2ccccn2)CCOC2(CCCC2)C1)Cc1sccc1OC. The van der Waals surface area contributed by atoms with Gasteiger partial charge < -0.3 is 9.47 Å². The first-order valence-corrected chi connectivity index (χ1v) is 14.2. The Morgan fingerprint density at radius 1 is 1.21 bits per heavy atom. The Balaban J connectivity index is 1.59. The fraction of sp³-hybridized carbons (Fsp3) is 0.625. The third-order valence-corrected chi connectivity index (χ3v) is 9.06. The van der Waals surface area contributed by atoms with E-state index in [0.717, 1.165) is 48.4 Å². The lowest BCUT2D eigenvalue weighted by Gasteiger charge is -2.47. The van der Waals surface area contributed by atoms with Gasteiger partial charge in [0.25, 0.3) is 10.1 Å². The van der Waals surface area contributed by atoms with Crippen LogP contribution in [0.15, 0.2) is 35.8 Å². The van der Waals surface area contributed by atoms with Gasteiger partial charge in [-0.2, -0.15) is 17.8 Å². The predicted octanol–water partition coefficient (Wildman–Crippen LogP) is 4.69. The van der Waals surface area contributed by atoms with E-state index in [2.05, 4.69) is 6.07 Å². The zero-order valence-electron chi connectivity index (χ0n) is 19.5. The average molecular weight is 495 g/mol. The minimum atomic E-state index is -3.65. The van der Waals surface area contributed by atoms with Gasteiger partial charge >= 0.3 is 0 Å². The summed E-state index contributed by atoms with van der Waals surface area (Å²) in [5.41, 5.74) is 0.793. The van der Waals surface area contributed by atoms with E-state index in [1.807, 2.05) is 29.8 Å². The summed E-state index contributed by atoms with van der Waals surface area (Å²) < 4.78 is 42.1. The Kier molecular flexibility index (Phi) is 7.75. The standard InChI is InChI=1S/C24H34N2O5S2/c1-3-33(27,28)31-26(18-21-20(29-2)9-17-32-21)15-12-23(22-8-4-7-14-25-22)13-16-30-24(19-23)10-5-6-11-24/h4,7-9,14,17H,3,5-6,10-13,15-16,18-19H2,1-2H3/t23-/m1/s1. The van der Waals surface area contributed by atoms with Crippen LogP contribution in [-0.2, 0) is 31.1 Å². The van der Waals surface area contributed by atoms with Crippen LogP contribution in [0.1, 0.15) is 62.4 Å². The van der Waals surface area contributed by atoms with E-state index in [0.29, 0.717) is 19.7 Å². The number of hydrogen-bond donors (Lipinski definition) is 0. The average Bonchev–Trinajstić information content (AvgIpc) is 3.47. The van der Waals surface area contributed by atoms with Gasteiger partial charge in [-0.3, -0.25) is 4.98 Å². The topological polar surface area (TPSA) is 78.0 Å². The van der Waals surface area contributed by atoms with Crippen LogP contribution in [-0.4, -0.2) is 50.1 Å². The van der Waals surface area contributed by atoms with E-state index in [9.17, 15) is 8.42 Å². The summed E-state index contributed by atoms with van der Waals surface area (Å²) in [7, 11) is -2.03. The molecule has 1 aliphatic heterocycles. The molecule has 0 N–H and O–H groups in total. The van der Waals surface area contributed by atoms with Crippen molar-refractivity contribution in [3.05, 3.63) is 46.4 Å². The molecule has 1 saturated carbocycles. The number of nitrogens with zero attached hydrogens (tertiary/aromatic N) is 2. The number of rotatable bonds is 10. The van der Waals surface area contributed by atoms with Crippen molar-refractivity contribution in [1.82, 2.24) is 10.0 Å². The van der Waals surface area contributed by atoms with Crippen molar-refractivity contribution in [2.45, 2.75) is 69.4 Å². The quantitative estimate of drug-likeness (QED) is 0.444. The number of hydroxylamine groups is 2. The number of aromatic nitrogens is 1. The van der Waals surface area contributed by atoms with Gasteiger partial charge in [0.05, 0.1) is 29.9 Å². The van der Waals surface area contributed by atoms with Crippen LogP contribution >= 0.6 is 11.3 Å². The Morgan fingerprint density at radius 2 is 2.03 bits per heavy atom. The van der Waals surface area contributed by atoms with Crippen LogP contribution in [0, 0.1) is 0 Å². The molecule has 4 rings (SSSR count). The van der Waals surface area contributed by atoms with Crippen LogP contribution in [0.3, 0.4) is 0 Å². The van der Waals surface area contributed by atoms with E-state index in [1.165, 1.54) is 24.2 Å². The highest BCUT2D eigenvalue weighted by Gasteiger charge is 2.48. The highest BCUT2D eigenvalue weighted by atomic mass is 32.2. The van der Waals surface area contributed by atoms with Crippen molar-refractivity contribution < 1.29 is 22.2 Å². The summed E-state index contributed by atoms with van der Waals surface area (Å²) in [6.07, 6.45) is 8.91. The molecule has 2 fully saturated rings. The maximum atomic E-state index is 12.4. The second kappa shape index (κ2) is 10.4. The van der Waals surface area contributed by atoms with Gasteiger partial charge in [0.1, 0.15) is 5.75 Å². The molecule has 0 radical (unpaired) electrons. The summed E-state index contributed by atoms with van der Waals surface area (Å²) in [5, 5.41) is 3.52. The molecule has 0 unspecified atom stereocenters. The fourth-order valence-electron chi connectivity index (χ4n) is 5.28. The summed E-state index contributed by atoms with van der Waals surface area (Å²) in [6.45, 7) is 3.10. The fourth-order valence-corrected chi connectivity index (χ4v) is 6.67. The maximum absolute atomic E-state index is 12.4. The summed E-state index contributed by atoms with van der Waals surface area (Å²) in [5.74, 6) is 0.672. The van der Waals surface area contributed by atoms with Gasteiger partial charge in [-0.25, -0.2) is 0 Å². The molecule has 9 heteroatoms. The van der Waals surface area contributed by atoms with Gasteiger partial charge in [0.15, 0.2) is 0 Å². The molecular formula is C24H34N2O5S2. The molecule has 2 aromatic rings. The summed E-state index contributed by atoms with van der Waals surface area (Å²) >= 11 is 1.53. The van der Waals surface area contributed by atoms with Crippen molar-refractivity contribution in [2.24, 2.45) is 0 Å². The van der Waals surface area contributed by atoms with Gasteiger partial charge in [0.2, 0.25) is 0 Å². The molecule has 0 amide bonds. The van der Waals surface area contributed by atoms with Crippen LogP contribution in [0.4, 0.5) is 0 Å². The molecule has 2 aliphatic rings. The van der Waals surface area contributed by atoms with Crippen molar-refractivity contribution in [3.8, 4) is 5.75 Å². The molecule has 2 aromatic heterocycles. The molecule has 33 heavy (non-hydrogen) atoms. The maximum Gasteiger partial charge on any atom is 0.283 e. The Morgan fingerprint density at radius 3 is 2.73 bits per heavy atom. The third-order valence-electron chi connectivity index (χ3n) is 7.03. The highest BCUT2D eigenvalue weighted by molar-refractivity contribution is 7.86. The van der Waals surface area contributed by atoms with E-state index in [1.54, 1.807) is 19.1 Å². The molecule has 182 valence electrons. The second-order valence-corrected chi connectivity index (χ2v) is 11.9. The van der Waals surface area contributed by atoms with Crippen LogP contribution < -0.4 is 4.74 Å². The lowest BCUT2D eigenvalue weighted by molar-refractivity contribution is -0.114. The molecule has 3 heterocycles. The number of ether oxygens (including phenoxy) is 2. The van der Waals surface area contributed by atoms with Crippen LogP contribution in [0.25, 0.3) is 0 Å². The lowest BCUT2D eigenvalue weighted by Crippen LogP contribution is -2.47. The smallest absolute Gasteiger partial charge is 0.283 e. The van der Waals surface area contributed by atoms with E-state index < -0.39 is 10.1 Å². The minimum absolute atomic E-state index is 0.0760. The lowest BCUT2D eigenvalue weighted by atomic mass is 9.68. The van der Waals surface area contributed by atoms with Gasteiger partial charge in [0, 0.05) is 30.5 Å². The minimum Gasteiger partial charge on any atom is -0.496 e. The van der Waals surface area contributed by atoms with Crippen molar-refractivity contribution >= 4 is 21.5 Å². The molecule has 1 saturated heterocycles. The largest absolute Gasteiger partial charge is 0.496 e. The predicted molar refractivity (Wildman–Crippen MR) is 129 cm³/mol. The van der Waals surface area contributed by atoms with Crippen molar-refractivity contribution in [2.75, 3.05) is 26.0 Å². The number of thiophene rings is 1. The molecule has 1 spiro atoms. The number of pyridine rings is 1. The van der Waals surface area contributed by atoms with E-state index in [-0.39, 0.29) is 16.8 Å². The van der Waals surface area contributed by atoms with Crippen molar-refractivity contribution in [3.63, 3.8) is 0 Å². The van der Waals surface area contributed by atoms with E-state index >= 15 is 0 Å². The first-order chi connectivity index (χ1) is 15.9. The van der Waals surface area contributed by atoms with Crippen LogP contribution in [0.5, 0.6) is 5.75 Å². The number of methoxy groups -OCH3 is 1. The number of hydrogen-bond acceptors (Lipinski definition) is 8. The highest BCUT2D eigenvalue weighted by Crippen LogP contribution is 2.49. The Hall–Kier alpha value is -1.52. The third kappa shape index (κ3) is 5.77. The normalized spacial score (nSPS) is 22.8.